The van der Waals surface area contributed by atoms with Gasteiger partial charge < -0.3 is 29.3 Å². The first-order valence-corrected chi connectivity index (χ1v) is 4.57. The van der Waals surface area contributed by atoms with Crippen molar-refractivity contribution in [1.29, 1.82) is 0 Å². The van der Waals surface area contributed by atoms with Gasteiger partial charge in [0, 0.05) is 19.5 Å². The monoisotopic (exact) mass is 274 g/mol. The smallest absolute Gasteiger partial charge is 0 e. The molecule has 0 aliphatic carbocycles. The van der Waals surface area contributed by atoms with Gasteiger partial charge in [-0.05, 0) is 0 Å². The van der Waals surface area contributed by atoms with Crippen molar-refractivity contribution in [2.75, 3.05) is 0 Å². The summed E-state index contributed by atoms with van der Waals surface area (Å²) in [7, 11) is 0. The summed E-state index contributed by atoms with van der Waals surface area (Å²) in [6.45, 7) is 6.29. The van der Waals surface area contributed by atoms with E-state index in [1.54, 1.807) is 0 Å². The third-order valence-electron chi connectivity index (χ3n) is 1.89. The van der Waals surface area contributed by atoms with E-state index in [4.69, 9.17) is 0 Å². The molecule has 0 N–H and O–H groups in total. The fraction of sp³-hybridized carbons (Fsp3) is 0.231. The summed E-state index contributed by atoms with van der Waals surface area (Å²) in [5.41, 5.74) is 4.06. The number of hydrogen-bond donors (Lipinski definition) is 0. The molecule has 0 amide bonds. The third kappa shape index (κ3) is 5.14. The zero-order chi connectivity index (χ0) is 9.68. The van der Waals surface area contributed by atoms with Crippen LogP contribution in [0, 0.1) is 20.8 Å². The van der Waals surface area contributed by atoms with E-state index in [0.717, 1.165) is 0 Å². The third-order valence-corrected chi connectivity index (χ3v) is 1.89. The largest absolute Gasteiger partial charge is 0.745 e. The SMILES string of the molecule is C[c-]1[cH-][cH-][c-](C)[cH-]1.C[c-]1cccc1.[Ru]. The first kappa shape index (κ1) is 13.3. The van der Waals surface area contributed by atoms with E-state index < -0.39 is 0 Å². The molecular weight excluding hydrogens is 257 g/mol. The summed E-state index contributed by atoms with van der Waals surface area (Å²) < 4.78 is 0. The van der Waals surface area contributed by atoms with Gasteiger partial charge in [-0.1, -0.05) is 6.92 Å². The molecule has 2 aromatic rings. The zero-order valence-electron chi connectivity index (χ0n) is 8.90. The minimum absolute atomic E-state index is 0. The van der Waals surface area contributed by atoms with Gasteiger partial charge >= 0.3 is 0 Å². The topological polar surface area (TPSA) is 0 Å². The summed E-state index contributed by atoms with van der Waals surface area (Å²) in [6, 6.07) is 14.6. The minimum atomic E-state index is 0. The summed E-state index contributed by atoms with van der Waals surface area (Å²) in [6.07, 6.45) is 0. The Hall–Kier alpha value is -0.677. The minimum Gasteiger partial charge on any atom is -0.745 e. The Labute approximate surface area is 99.5 Å². The van der Waals surface area contributed by atoms with E-state index in [0.29, 0.717) is 0 Å². The average molecular weight is 273 g/mol. The molecule has 0 saturated heterocycles. The van der Waals surface area contributed by atoms with Crippen molar-refractivity contribution < 1.29 is 19.5 Å². The van der Waals surface area contributed by atoms with Crippen LogP contribution in [0.2, 0.25) is 0 Å². The van der Waals surface area contributed by atoms with Gasteiger partial charge in [-0.2, -0.15) is 17.7 Å². The number of hydrogen-bond acceptors (Lipinski definition) is 0. The van der Waals surface area contributed by atoms with Crippen LogP contribution in [0.3, 0.4) is 0 Å². The molecule has 0 radical (unpaired) electrons. The molecule has 0 heterocycles. The van der Waals surface area contributed by atoms with Crippen LogP contribution < -0.4 is 0 Å². The van der Waals surface area contributed by atoms with Crippen LogP contribution in [0.15, 0.2) is 42.5 Å². The summed E-state index contributed by atoms with van der Waals surface area (Å²) in [5, 5.41) is 0. The predicted octanol–water partition coefficient (Wildman–Crippen LogP) is 3.73. The molecule has 2 aromatic carbocycles. The van der Waals surface area contributed by atoms with Crippen LogP contribution in [0.5, 0.6) is 0 Å². The number of aryl methyl sites for hydroxylation is 3. The molecule has 0 unspecified atom stereocenters. The number of rotatable bonds is 0. The first-order valence-electron chi connectivity index (χ1n) is 4.57. The molecule has 0 saturated carbocycles. The van der Waals surface area contributed by atoms with Crippen molar-refractivity contribution >= 4 is 0 Å². The Morgan fingerprint density at radius 1 is 0.857 bits per heavy atom. The predicted molar refractivity (Wildman–Crippen MR) is 58.3 cm³/mol. The fourth-order valence-electron chi connectivity index (χ4n) is 1.19. The van der Waals surface area contributed by atoms with E-state index in [1.165, 1.54) is 16.7 Å². The van der Waals surface area contributed by atoms with Gasteiger partial charge in [0.1, 0.15) is 0 Å². The second-order valence-corrected chi connectivity index (χ2v) is 3.43. The summed E-state index contributed by atoms with van der Waals surface area (Å²) in [5.74, 6) is 0. The van der Waals surface area contributed by atoms with Crippen LogP contribution in [-0.4, -0.2) is 0 Å². The quantitative estimate of drug-likeness (QED) is 0.507. The molecule has 14 heavy (non-hydrogen) atoms. The Morgan fingerprint density at radius 2 is 1.29 bits per heavy atom. The van der Waals surface area contributed by atoms with Crippen molar-refractivity contribution in [3.05, 3.63) is 59.2 Å². The maximum atomic E-state index is 2.17. The van der Waals surface area contributed by atoms with E-state index in [-0.39, 0.29) is 19.5 Å². The van der Waals surface area contributed by atoms with E-state index in [9.17, 15) is 0 Å². The molecule has 0 fully saturated rings. The molecule has 0 nitrogen and oxygen atoms in total. The van der Waals surface area contributed by atoms with Crippen molar-refractivity contribution in [3.8, 4) is 0 Å². The van der Waals surface area contributed by atoms with Crippen LogP contribution in [0.4, 0.5) is 0 Å². The fourth-order valence-corrected chi connectivity index (χ4v) is 1.19. The second kappa shape index (κ2) is 6.73. The molecular formula is C13H16Ru-6. The second-order valence-electron chi connectivity index (χ2n) is 3.43. The van der Waals surface area contributed by atoms with Gasteiger partial charge in [0.25, 0.3) is 0 Å². The summed E-state index contributed by atoms with van der Waals surface area (Å²) in [4.78, 5) is 0. The molecule has 1 heteroatoms. The van der Waals surface area contributed by atoms with Crippen molar-refractivity contribution in [2.45, 2.75) is 20.8 Å². The Morgan fingerprint density at radius 3 is 1.43 bits per heavy atom. The normalized spacial score (nSPS) is 8.50. The van der Waals surface area contributed by atoms with Crippen molar-refractivity contribution in [1.82, 2.24) is 0 Å². The first-order chi connectivity index (χ1) is 6.18. The van der Waals surface area contributed by atoms with Crippen LogP contribution in [0.25, 0.3) is 0 Å². The van der Waals surface area contributed by atoms with Gasteiger partial charge in [0.05, 0.1) is 0 Å². The van der Waals surface area contributed by atoms with Gasteiger partial charge in [-0.3, -0.25) is 0 Å². The van der Waals surface area contributed by atoms with Gasteiger partial charge in [0.2, 0.25) is 0 Å². The van der Waals surface area contributed by atoms with E-state index >= 15 is 0 Å². The van der Waals surface area contributed by atoms with Crippen LogP contribution in [-0.2, 0) is 19.5 Å². The molecule has 0 spiro atoms. The average Bonchev–Trinajstić information content (AvgIpc) is 2.64. The molecule has 0 bridgehead atoms. The Kier molecular flexibility index (Phi) is 6.40. The van der Waals surface area contributed by atoms with Crippen molar-refractivity contribution in [3.63, 3.8) is 0 Å². The maximum Gasteiger partial charge on any atom is 0 e. The zero-order valence-corrected chi connectivity index (χ0v) is 10.6. The van der Waals surface area contributed by atoms with Crippen LogP contribution in [0.1, 0.15) is 16.7 Å². The van der Waals surface area contributed by atoms with Gasteiger partial charge in [-0.25, -0.2) is 26.0 Å². The molecule has 2 rings (SSSR count). The molecule has 0 aliphatic rings. The Bertz CT molecular complexity index is 311. The van der Waals surface area contributed by atoms with Gasteiger partial charge in [-0.15, -0.1) is 0 Å². The molecule has 0 atom stereocenters. The molecule has 82 valence electrons. The molecule has 0 aromatic heterocycles. The van der Waals surface area contributed by atoms with Crippen LogP contribution >= 0.6 is 0 Å². The standard InChI is InChI=1S/C7H9.C6H7.Ru/c1-6-3-4-7(2)5-6;1-6-4-2-3-5-6;/h3-5H,1-2H3;2-5H,1H3;/q-5;-1;. The molecule has 0 aliphatic heterocycles. The van der Waals surface area contributed by atoms with Gasteiger partial charge in [0.15, 0.2) is 0 Å². The van der Waals surface area contributed by atoms with Crippen molar-refractivity contribution in [2.24, 2.45) is 0 Å². The summed E-state index contributed by atoms with van der Waals surface area (Å²) >= 11 is 0. The van der Waals surface area contributed by atoms with E-state index in [2.05, 4.69) is 51.1 Å². The van der Waals surface area contributed by atoms with E-state index in [1.807, 2.05) is 12.1 Å². The maximum absolute atomic E-state index is 2.17. The Balaban J connectivity index is 0.000000227.